The molecule has 0 bridgehead atoms. The van der Waals surface area contributed by atoms with Gasteiger partial charge in [0.05, 0.1) is 19.0 Å². The van der Waals surface area contributed by atoms with Crippen LogP contribution in [0.15, 0.2) is 12.4 Å². The maximum atomic E-state index is 10.7. The zero-order chi connectivity index (χ0) is 12.3. The number of nitrogens with zero attached hydrogens (tertiary/aromatic N) is 3. The Bertz CT molecular complexity index is 389. The van der Waals surface area contributed by atoms with Crippen molar-refractivity contribution in [2.24, 2.45) is 0 Å². The summed E-state index contributed by atoms with van der Waals surface area (Å²) in [4.78, 5) is 20.8. The van der Waals surface area contributed by atoms with Gasteiger partial charge in [-0.2, -0.15) is 0 Å². The molecule has 1 heterocycles. The molecule has 0 saturated heterocycles. The number of aromatic carboxylic acids is 1. The quantitative estimate of drug-likeness (QED) is 0.788. The summed E-state index contributed by atoms with van der Waals surface area (Å²) in [6.45, 7) is 1.38. The minimum Gasteiger partial charge on any atom is -0.476 e. The number of carbonyl (C=O) groups is 1. The number of ether oxygens (including phenoxy) is 1. The lowest BCUT2D eigenvalue weighted by atomic mass is 10.4. The minimum atomic E-state index is -1.06. The smallest absolute Gasteiger partial charge is 0.356 e. The van der Waals surface area contributed by atoms with Crippen molar-refractivity contribution in [3.8, 4) is 0 Å². The normalized spacial score (nSPS) is 14.6. The standard InChI is InChI=1S/C11H15N3O3/c1-17-5-4-14(8-2-3-8)10-7-12-9(6-13-10)11(15)16/h6-8H,2-5H2,1H3,(H,15,16). The van der Waals surface area contributed by atoms with Crippen LogP contribution in [0, 0.1) is 0 Å². The fraction of sp³-hybridized carbons (Fsp3) is 0.545. The molecule has 2 rings (SSSR count). The highest BCUT2D eigenvalue weighted by molar-refractivity contribution is 5.84. The molecule has 0 atom stereocenters. The van der Waals surface area contributed by atoms with Crippen LogP contribution in [-0.2, 0) is 4.74 Å². The Labute approximate surface area is 99.2 Å². The van der Waals surface area contributed by atoms with Gasteiger partial charge in [-0.15, -0.1) is 0 Å². The second-order valence-electron chi connectivity index (χ2n) is 3.98. The summed E-state index contributed by atoms with van der Waals surface area (Å²) >= 11 is 0. The van der Waals surface area contributed by atoms with Gasteiger partial charge >= 0.3 is 5.97 Å². The predicted molar refractivity (Wildman–Crippen MR) is 61.2 cm³/mol. The molecular formula is C11H15N3O3. The topological polar surface area (TPSA) is 75.5 Å². The first kappa shape index (κ1) is 11.8. The number of carboxylic acids is 1. The van der Waals surface area contributed by atoms with Gasteiger partial charge in [-0.3, -0.25) is 0 Å². The molecular weight excluding hydrogens is 222 g/mol. The number of carboxylic acid groups (broad SMARTS) is 1. The van der Waals surface area contributed by atoms with E-state index in [-0.39, 0.29) is 5.69 Å². The molecule has 1 aliphatic carbocycles. The Kier molecular flexibility index (Phi) is 3.53. The van der Waals surface area contributed by atoms with Crippen LogP contribution >= 0.6 is 0 Å². The van der Waals surface area contributed by atoms with Crippen molar-refractivity contribution < 1.29 is 14.6 Å². The highest BCUT2D eigenvalue weighted by Crippen LogP contribution is 2.29. The third kappa shape index (κ3) is 2.91. The van der Waals surface area contributed by atoms with Crippen molar-refractivity contribution in [3.05, 3.63) is 18.1 Å². The highest BCUT2D eigenvalue weighted by Gasteiger charge is 2.29. The monoisotopic (exact) mass is 237 g/mol. The molecule has 6 heteroatoms. The van der Waals surface area contributed by atoms with Crippen LogP contribution in [0.3, 0.4) is 0 Å². The van der Waals surface area contributed by atoms with Crippen LogP contribution < -0.4 is 4.90 Å². The Morgan fingerprint density at radius 1 is 1.53 bits per heavy atom. The molecule has 1 aromatic rings. The van der Waals surface area contributed by atoms with E-state index in [1.54, 1.807) is 7.11 Å². The van der Waals surface area contributed by atoms with E-state index in [2.05, 4.69) is 14.9 Å². The second kappa shape index (κ2) is 5.09. The van der Waals surface area contributed by atoms with Crippen molar-refractivity contribution in [1.29, 1.82) is 0 Å². The van der Waals surface area contributed by atoms with E-state index in [0.717, 1.165) is 25.2 Å². The number of methoxy groups -OCH3 is 1. The van der Waals surface area contributed by atoms with E-state index < -0.39 is 5.97 Å². The van der Waals surface area contributed by atoms with Crippen LogP contribution in [0.2, 0.25) is 0 Å². The molecule has 6 nitrogen and oxygen atoms in total. The molecule has 0 aliphatic heterocycles. The van der Waals surface area contributed by atoms with Gasteiger partial charge < -0.3 is 14.7 Å². The fourth-order valence-corrected chi connectivity index (χ4v) is 1.64. The summed E-state index contributed by atoms with van der Waals surface area (Å²) in [5.74, 6) is -0.339. The van der Waals surface area contributed by atoms with Gasteiger partial charge in [0.15, 0.2) is 5.69 Å². The zero-order valence-electron chi connectivity index (χ0n) is 9.67. The molecule has 1 saturated carbocycles. The number of hydrogen-bond donors (Lipinski definition) is 1. The predicted octanol–water partition coefficient (Wildman–Crippen LogP) is 0.790. The fourth-order valence-electron chi connectivity index (χ4n) is 1.64. The lowest BCUT2D eigenvalue weighted by Crippen LogP contribution is -2.30. The third-order valence-corrected chi connectivity index (χ3v) is 2.68. The van der Waals surface area contributed by atoms with E-state index in [0.29, 0.717) is 12.6 Å². The lowest BCUT2D eigenvalue weighted by molar-refractivity contribution is 0.0690. The summed E-state index contributed by atoms with van der Waals surface area (Å²) < 4.78 is 5.05. The van der Waals surface area contributed by atoms with Crippen molar-refractivity contribution in [2.75, 3.05) is 25.2 Å². The summed E-state index contributed by atoms with van der Waals surface area (Å²) in [6.07, 6.45) is 5.09. The van der Waals surface area contributed by atoms with E-state index in [9.17, 15) is 4.79 Å². The summed E-state index contributed by atoms with van der Waals surface area (Å²) in [7, 11) is 1.66. The highest BCUT2D eigenvalue weighted by atomic mass is 16.5. The maximum Gasteiger partial charge on any atom is 0.356 e. The molecule has 0 aromatic carbocycles. The van der Waals surface area contributed by atoms with Gasteiger partial charge in [-0.1, -0.05) is 0 Å². The number of aromatic nitrogens is 2. The van der Waals surface area contributed by atoms with Crippen LogP contribution in [0.4, 0.5) is 5.82 Å². The van der Waals surface area contributed by atoms with Gasteiger partial charge in [0.25, 0.3) is 0 Å². The van der Waals surface area contributed by atoms with E-state index in [4.69, 9.17) is 9.84 Å². The van der Waals surface area contributed by atoms with Gasteiger partial charge in [0.2, 0.25) is 0 Å². The van der Waals surface area contributed by atoms with Crippen molar-refractivity contribution in [2.45, 2.75) is 18.9 Å². The van der Waals surface area contributed by atoms with Gasteiger partial charge in [-0.25, -0.2) is 14.8 Å². The molecule has 17 heavy (non-hydrogen) atoms. The average molecular weight is 237 g/mol. The summed E-state index contributed by atoms with van der Waals surface area (Å²) in [5, 5.41) is 8.74. The molecule has 0 unspecified atom stereocenters. The van der Waals surface area contributed by atoms with Gasteiger partial charge in [0.1, 0.15) is 5.82 Å². The molecule has 0 radical (unpaired) electrons. The lowest BCUT2D eigenvalue weighted by Gasteiger charge is -2.22. The Morgan fingerprint density at radius 3 is 2.76 bits per heavy atom. The van der Waals surface area contributed by atoms with Crippen molar-refractivity contribution in [1.82, 2.24) is 9.97 Å². The van der Waals surface area contributed by atoms with Crippen molar-refractivity contribution in [3.63, 3.8) is 0 Å². The van der Waals surface area contributed by atoms with Crippen LogP contribution in [0.1, 0.15) is 23.3 Å². The average Bonchev–Trinajstić information content (AvgIpc) is 3.14. The van der Waals surface area contributed by atoms with Crippen LogP contribution in [0.5, 0.6) is 0 Å². The van der Waals surface area contributed by atoms with Crippen LogP contribution in [-0.4, -0.2) is 47.3 Å². The Morgan fingerprint density at radius 2 is 2.29 bits per heavy atom. The van der Waals surface area contributed by atoms with E-state index in [1.165, 1.54) is 12.4 Å². The summed E-state index contributed by atoms with van der Waals surface area (Å²) in [6, 6.07) is 0.495. The number of hydrogen-bond acceptors (Lipinski definition) is 5. The first-order valence-corrected chi connectivity index (χ1v) is 5.53. The number of rotatable bonds is 6. The first-order valence-electron chi connectivity index (χ1n) is 5.53. The van der Waals surface area contributed by atoms with E-state index >= 15 is 0 Å². The Hall–Kier alpha value is -1.69. The second-order valence-corrected chi connectivity index (χ2v) is 3.98. The van der Waals surface area contributed by atoms with Crippen molar-refractivity contribution >= 4 is 11.8 Å². The molecule has 1 N–H and O–H groups in total. The Balaban J connectivity index is 2.09. The largest absolute Gasteiger partial charge is 0.476 e. The molecule has 1 fully saturated rings. The molecule has 1 aliphatic rings. The minimum absolute atomic E-state index is 0.0313. The van der Waals surface area contributed by atoms with E-state index in [1.807, 2.05) is 0 Å². The van der Waals surface area contributed by atoms with Crippen LogP contribution in [0.25, 0.3) is 0 Å². The maximum absolute atomic E-state index is 10.7. The third-order valence-electron chi connectivity index (χ3n) is 2.68. The van der Waals surface area contributed by atoms with Gasteiger partial charge in [-0.05, 0) is 12.8 Å². The number of anilines is 1. The molecule has 1 aromatic heterocycles. The molecule has 0 amide bonds. The zero-order valence-corrected chi connectivity index (χ0v) is 9.67. The molecule has 0 spiro atoms. The summed E-state index contributed by atoms with van der Waals surface area (Å²) in [5.41, 5.74) is -0.0313. The van der Waals surface area contributed by atoms with Gasteiger partial charge in [0, 0.05) is 19.7 Å². The SMILES string of the molecule is COCCN(c1cnc(C(=O)O)cn1)C1CC1. The molecule has 92 valence electrons. The first-order chi connectivity index (χ1) is 8.22.